The smallest absolute Gasteiger partial charge is 0.0255 e. The first kappa shape index (κ1) is 15.4. The van der Waals surface area contributed by atoms with E-state index in [1.165, 1.54) is 44.9 Å². The van der Waals surface area contributed by atoms with Crippen LogP contribution in [0.25, 0.3) is 0 Å². The highest BCUT2D eigenvalue weighted by atomic mass is 13.9. The molecular weight excluding hydrogens is 228 g/mol. The Bertz CT molecular complexity index is 434. The van der Waals surface area contributed by atoms with E-state index >= 15 is 0 Å². The average Bonchev–Trinajstić information content (AvgIpc) is 2.46. The summed E-state index contributed by atoms with van der Waals surface area (Å²) in [6.45, 7) is 2.26. The summed E-state index contributed by atoms with van der Waals surface area (Å²) in [6.07, 6.45) is 10.4. The normalized spacial score (nSPS) is 9.11. The predicted molar refractivity (Wildman–Crippen MR) is 83.7 cm³/mol. The SMILES string of the molecule is CCCCCCCCCC#CC#Cc1ccccc1. The fourth-order valence-electron chi connectivity index (χ4n) is 1.90. The molecule has 0 spiro atoms. The molecular formula is C19H24. The highest BCUT2D eigenvalue weighted by Crippen LogP contribution is 2.07. The molecule has 0 aromatic heterocycles. The van der Waals surface area contributed by atoms with Crippen LogP contribution in [0.2, 0.25) is 0 Å². The minimum atomic E-state index is 0.983. The molecule has 0 heteroatoms. The Balaban J connectivity index is 2.04. The van der Waals surface area contributed by atoms with Crippen LogP contribution in [0.1, 0.15) is 63.9 Å². The molecule has 19 heavy (non-hydrogen) atoms. The Morgan fingerprint density at radius 2 is 1.47 bits per heavy atom. The van der Waals surface area contributed by atoms with E-state index in [0.717, 1.165) is 12.0 Å². The predicted octanol–water partition coefficient (Wildman–Crippen LogP) is 5.18. The van der Waals surface area contributed by atoms with Gasteiger partial charge in [-0.3, -0.25) is 0 Å². The van der Waals surface area contributed by atoms with Crippen LogP contribution in [0.15, 0.2) is 30.3 Å². The Morgan fingerprint density at radius 3 is 2.21 bits per heavy atom. The van der Waals surface area contributed by atoms with Crippen LogP contribution >= 0.6 is 0 Å². The summed E-state index contributed by atoms with van der Waals surface area (Å²) in [5.74, 6) is 12.0. The average molecular weight is 252 g/mol. The highest BCUT2D eigenvalue weighted by Gasteiger charge is 1.88. The summed E-state index contributed by atoms with van der Waals surface area (Å²) in [4.78, 5) is 0. The van der Waals surface area contributed by atoms with Gasteiger partial charge in [0.2, 0.25) is 0 Å². The standard InChI is InChI=1S/C19H24/c1-2-3-4-5-6-7-8-9-10-11-13-16-19-17-14-12-15-18-19/h12,14-15,17-18H,2-9H2,1H3. The van der Waals surface area contributed by atoms with Crippen LogP contribution in [0.3, 0.4) is 0 Å². The van der Waals surface area contributed by atoms with Crippen molar-refractivity contribution in [2.45, 2.75) is 58.3 Å². The molecule has 100 valence electrons. The van der Waals surface area contributed by atoms with E-state index in [2.05, 4.69) is 30.6 Å². The molecule has 0 saturated heterocycles. The fraction of sp³-hybridized carbons (Fsp3) is 0.474. The van der Waals surface area contributed by atoms with Gasteiger partial charge in [-0.05, 0) is 30.4 Å². The minimum Gasteiger partial charge on any atom is -0.0891 e. The highest BCUT2D eigenvalue weighted by molar-refractivity contribution is 5.39. The molecule has 0 amide bonds. The van der Waals surface area contributed by atoms with Crippen molar-refractivity contribution in [1.29, 1.82) is 0 Å². The first-order valence-electron chi connectivity index (χ1n) is 7.47. The van der Waals surface area contributed by atoms with Crippen molar-refractivity contribution in [3.8, 4) is 23.7 Å². The summed E-state index contributed by atoms with van der Waals surface area (Å²) < 4.78 is 0. The van der Waals surface area contributed by atoms with E-state index in [4.69, 9.17) is 0 Å². The lowest BCUT2D eigenvalue weighted by atomic mass is 10.1. The maximum Gasteiger partial charge on any atom is 0.0255 e. The summed E-state index contributed by atoms with van der Waals surface area (Å²) in [7, 11) is 0. The zero-order valence-electron chi connectivity index (χ0n) is 12.0. The van der Waals surface area contributed by atoms with Crippen LogP contribution in [0, 0.1) is 23.7 Å². The monoisotopic (exact) mass is 252 g/mol. The molecule has 0 aliphatic rings. The maximum absolute atomic E-state index is 3.13. The third kappa shape index (κ3) is 8.98. The van der Waals surface area contributed by atoms with Gasteiger partial charge >= 0.3 is 0 Å². The fourth-order valence-corrected chi connectivity index (χ4v) is 1.90. The maximum atomic E-state index is 3.13. The zero-order chi connectivity index (χ0) is 13.6. The van der Waals surface area contributed by atoms with Gasteiger partial charge < -0.3 is 0 Å². The van der Waals surface area contributed by atoms with E-state index in [9.17, 15) is 0 Å². The van der Waals surface area contributed by atoms with E-state index in [1.54, 1.807) is 0 Å². The van der Waals surface area contributed by atoms with Gasteiger partial charge in [-0.2, -0.15) is 0 Å². The second kappa shape index (κ2) is 11.4. The van der Waals surface area contributed by atoms with E-state index in [1.807, 2.05) is 30.3 Å². The number of benzene rings is 1. The third-order valence-corrected chi connectivity index (χ3v) is 3.04. The van der Waals surface area contributed by atoms with Gasteiger partial charge in [0.05, 0.1) is 0 Å². The van der Waals surface area contributed by atoms with Crippen LogP contribution in [-0.2, 0) is 0 Å². The molecule has 0 radical (unpaired) electrons. The number of unbranched alkanes of at least 4 members (excludes halogenated alkanes) is 7. The van der Waals surface area contributed by atoms with Crippen LogP contribution in [0.4, 0.5) is 0 Å². The first-order valence-corrected chi connectivity index (χ1v) is 7.47. The van der Waals surface area contributed by atoms with E-state index < -0.39 is 0 Å². The number of hydrogen-bond acceptors (Lipinski definition) is 0. The molecule has 0 atom stereocenters. The molecule has 1 aromatic carbocycles. The minimum absolute atomic E-state index is 0.983. The largest absolute Gasteiger partial charge is 0.0891 e. The summed E-state index contributed by atoms with van der Waals surface area (Å²) in [5, 5.41) is 0. The second-order valence-electron chi connectivity index (χ2n) is 4.79. The van der Waals surface area contributed by atoms with Crippen LogP contribution < -0.4 is 0 Å². The molecule has 0 saturated carbocycles. The van der Waals surface area contributed by atoms with Gasteiger partial charge in [-0.15, -0.1) is 0 Å². The summed E-state index contributed by atoms with van der Waals surface area (Å²) in [6, 6.07) is 10.00. The molecule has 0 unspecified atom stereocenters. The first-order chi connectivity index (χ1) is 9.43. The molecule has 0 aliphatic carbocycles. The van der Waals surface area contributed by atoms with Crippen LogP contribution in [0.5, 0.6) is 0 Å². The van der Waals surface area contributed by atoms with Crippen molar-refractivity contribution in [1.82, 2.24) is 0 Å². The van der Waals surface area contributed by atoms with Crippen molar-refractivity contribution >= 4 is 0 Å². The van der Waals surface area contributed by atoms with Crippen molar-refractivity contribution in [2.24, 2.45) is 0 Å². The van der Waals surface area contributed by atoms with Crippen molar-refractivity contribution in [3.63, 3.8) is 0 Å². The lowest BCUT2D eigenvalue weighted by Gasteiger charge is -1.97. The molecule has 0 heterocycles. The molecule has 0 aliphatic heterocycles. The van der Waals surface area contributed by atoms with Crippen LogP contribution in [-0.4, -0.2) is 0 Å². The second-order valence-corrected chi connectivity index (χ2v) is 4.79. The summed E-state index contributed by atoms with van der Waals surface area (Å²) in [5.41, 5.74) is 1.03. The van der Waals surface area contributed by atoms with Gasteiger partial charge in [0.1, 0.15) is 0 Å². The Hall–Kier alpha value is -1.66. The van der Waals surface area contributed by atoms with Crippen molar-refractivity contribution in [3.05, 3.63) is 35.9 Å². The molecule has 0 fully saturated rings. The van der Waals surface area contributed by atoms with Crippen molar-refractivity contribution < 1.29 is 0 Å². The van der Waals surface area contributed by atoms with E-state index in [-0.39, 0.29) is 0 Å². The molecule has 0 N–H and O–H groups in total. The number of rotatable bonds is 7. The number of hydrogen-bond donors (Lipinski definition) is 0. The van der Waals surface area contributed by atoms with Gasteiger partial charge in [-0.1, -0.05) is 75.5 Å². The Morgan fingerprint density at radius 1 is 0.789 bits per heavy atom. The molecule has 0 bridgehead atoms. The topological polar surface area (TPSA) is 0 Å². The quantitative estimate of drug-likeness (QED) is 0.463. The Labute approximate surface area is 118 Å². The van der Waals surface area contributed by atoms with Gasteiger partial charge in [-0.25, -0.2) is 0 Å². The third-order valence-electron chi connectivity index (χ3n) is 3.04. The zero-order valence-corrected chi connectivity index (χ0v) is 12.0. The molecule has 1 rings (SSSR count). The van der Waals surface area contributed by atoms with E-state index in [0.29, 0.717) is 0 Å². The van der Waals surface area contributed by atoms with Crippen molar-refractivity contribution in [2.75, 3.05) is 0 Å². The summed E-state index contributed by atoms with van der Waals surface area (Å²) >= 11 is 0. The van der Waals surface area contributed by atoms with Gasteiger partial charge in [0, 0.05) is 12.0 Å². The van der Waals surface area contributed by atoms with Gasteiger partial charge in [0.25, 0.3) is 0 Å². The molecule has 1 aromatic rings. The van der Waals surface area contributed by atoms with Gasteiger partial charge in [0.15, 0.2) is 0 Å². The lowest BCUT2D eigenvalue weighted by Crippen LogP contribution is -1.78. The Kier molecular flexibility index (Phi) is 9.26. The lowest BCUT2D eigenvalue weighted by molar-refractivity contribution is 0.594. The molecule has 0 nitrogen and oxygen atoms in total.